The lowest BCUT2D eigenvalue weighted by molar-refractivity contribution is 0.411. The van der Waals surface area contributed by atoms with E-state index in [4.69, 9.17) is 4.74 Å². The van der Waals surface area contributed by atoms with Crippen molar-refractivity contribution >= 4 is 10.0 Å². The Bertz CT molecular complexity index is 1080. The van der Waals surface area contributed by atoms with Gasteiger partial charge < -0.3 is 10.1 Å². The Labute approximate surface area is 157 Å². The van der Waals surface area contributed by atoms with Crippen LogP contribution in [0.5, 0.6) is 5.75 Å². The van der Waals surface area contributed by atoms with Gasteiger partial charge in [0.2, 0.25) is 0 Å². The minimum absolute atomic E-state index is 0.0220. The van der Waals surface area contributed by atoms with Crippen LogP contribution in [0, 0.1) is 12.7 Å². The van der Waals surface area contributed by atoms with Crippen molar-refractivity contribution in [2.45, 2.75) is 18.4 Å². The van der Waals surface area contributed by atoms with E-state index in [1.54, 1.807) is 32.3 Å². The zero-order chi connectivity index (χ0) is 19.6. The maximum Gasteiger partial charge on any atom is 0.269 e. The molecule has 2 heterocycles. The molecule has 3 rings (SSSR count). The molecule has 1 N–H and O–H groups in total. The second-order valence-corrected chi connectivity index (χ2v) is 7.86. The first-order chi connectivity index (χ1) is 12.9. The number of nitrogens with one attached hydrogen (secondary N) is 1. The number of hydrogen-bond acceptors (Lipinski definition) is 5. The minimum Gasteiger partial charge on any atom is -0.494 e. The molecular formula is C19H20FN3O3S. The third-order valence-corrected chi connectivity index (χ3v) is 5.73. The van der Waals surface area contributed by atoms with E-state index in [2.05, 4.69) is 10.3 Å². The molecule has 142 valence electrons. The molecule has 0 aliphatic rings. The Morgan fingerprint density at radius 3 is 2.63 bits per heavy atom. The monoisotopic (exact) mass is 389 g/mol. The first-order valence-corrected chi connectivity index (χ1v) is 9.69. The van der Waals surface area contributed by atoms with E-state index >= 15 is 0 Å². The Kier molecular flexibility index (Phi) is 5.29. The number of aromatic nitrogens is 2. The summed E-state index contributed by atoms with van der Waals surface area (Å²) in [5.74, 6) is -0.234. The number of methoxy groups -OCH3 is 1. The molecule has 2 aromatic heterocycles. The average molecular weight is 389 g/mol. The molecule has 0 fully saturated rings. The summed E-state index contributed by atoms with van der Waals surface area (Å²) in [6, 6.07) is 7.53. The summed E-state index contributed by atoms with van der Waals surface area (Å²) >= 11 is 0. The highest BCUT2D eigenvalue weighted by Crippen LogP contribution is 2.38. The summed E-state index contributed by atoms with van der Waals surface area (Å²) in [4.78, 5) is 3.99. The summed E-state index contributed by atoms with van der Waals surface area (Å²) in [6.07, 6.45) is 4.30. The Morgan fingerprint density at radius 2 is 2.00 bits per heavy atom. The first kappa shape index (κ1) is 19.1. The van der Waals surface area contributed by atoms with Crippen LogP contribution < -0.4 is 10.1 Å². The lowest BCUT2D eigenvalue weighted by Gasteiger charge is -2.13. The van der Waals surface area contributed by atoms with Gasteiger partial charge in [0.15, 0.2) is 0 Å². The van der Waals surface area contributed by atoms with E-state index in [1.165, 1.54) is 37.7 Å². The molecule has 1 aromatic carbocycles. The zero-order valence-corrected chi connectivity index (χ0v) is 16.0. The molecule has 27 heavy (non-hydrogen) atoms. The molecule has 0 saturated heterocycles. The molecule has 8 heteroatoms. The van der Waals surface area contributed by atoms with Gasteiger partial charge in [0, 0.05) is 36.3 Å². The third-order valence-electron chi connectivity index (χ3n) is 4.11. The molecule has 0 radical (unpaired) electrons. The van der Waals surface area contributed by atoms with Gasteiger partial charge in [-0.1, -0.05) is 12.1 Å². The fraction of sp³-hybridized carbons (Fsp3) is 0.211. The van der Waals surface area contributed by atoms with Gasteiger partial charge >= 0.3 is 0 Å². The van der Waals surface area contributed by atoms with Crippen molar-refractivity contribution in [2.24, 2.45) is 0 Å². The molecule has 0 bridgehead atoms. The van der Waals surface area contributed by atoms with Crippen molar-refractivity contribution in [2.75, 3.05) is 14.2 Å². The number of rotatable bonds is 6. The number of pyridine rings is 1. The highest BCUT2D eigenvalue weighted by molar-refractivity contribution is 7.90. The van der Waals surface area contributed by atoms with Crippen molar-refractivity contribution < 1.29 is 17.5 Å². The normalized spacial score (nSPS) is 11.6. The fourth-order valence-electron chi connectivity index (χ4n) is 2.93. The van der Waals surface area contributed by atoms with Gasteiger partial charge in [0.05, 0.1) is 7.11 Å². The molecule has 0 atom stereocenters. The van der Waals surface area contributed by atoms with Gasteiger partial charge in [0.25, 0.3) is 10.0 Å². The molecule has 3 aromatic rings. The summed E-state index contributed by atoms with van der Waals surface area (Å²) in [5, 5.41) is 2.97. The third kappa shape index (κ3) is 3.45. The maximum atomic E-state index is 14.5. The molecule has 0 saturated carbocycles. The number of halogens is 1. The number of ether oxygens (including phenoxy) is 1. The quantitative estimate of drug-likeness (QED) is 0.702. The lowest BCUT2D eigenvalue weighted by atomic mass is 10.1. The van der Waals surface area contributed by atoms with Crippen LogP contribution in [0.25, 0.3) is 11.3 Å². The van der Waals surface area contributed by atoms with Crippen molar-refractivity contribution in [1.82, 2.24) is 14.3 Å². The van der Waals surface area contributed by atoms with Crippen LogP contribution in [0.4, 0.5) is 4.39 Å². The smallest absolute Gasteiger partial charge is 0.269 e. The van der Waals surface area contributed by atoms with Crippen molar-refractivity contribution in [3.05, 3.63) is 65.9 Å². The van der Waals surface area contributed by atoms with E-state index in [9.17, 15) is 12.8 Å². The van der Waals surface area contributed by atoms with Gasteiger partial charge in [-0.05, 0) is 37.7 Å². The Morgan fingerprint density at radius 1 is 1.26 bits per heavy atom. The van der Waals surface area contributed by atoms with Crippen molar-refractivity contribution in [3.63, 3.8) is 0 Å². The van der Waals surface area contributed by atoms with E-state index in [1.807, 2.05) is 0 Å². The molecule has 6 nitrogen and oxygen atoms in total. The largest absolute Gasteiger partial charge is 0.494 e. The van der Waals surface area contributed by atoms with Crippen LogP contribution in [0.15, 0.2) is 53.8 Å². The summed E-state index contributed by atoms with van der Waals surface area (Å²) in [6.45, 7) is 2.12. The first-order valence-electron chi connectivity index (χ1n) is 8.25. The van der Waals surface area contributed by atoms with Crippen LogP contribution in [0.3, 0.4) is 0 Å². The topological polar surface area (TPSA) is 73.2 Å². The van der Waals surface area contributed by atoms with Gasteiger partial charge in [-0.3, -0.25) is 4.98 Å². The molecule has 0 spiro atoms. The number of aryl methyl sites for hydroxylation is 1. The minimum atomic E-state index is -4.01. The number of benzene rings is 1. The van der Waals surface area contributed by atoms with Gasteiger partial charge in [-0.15, -0.1) is 0 Å². The summed E-state index contributed by atoms with van der Waals surface area (Å²) < 4.78 is 47.7. The Balaban J connectivity index is 2.34. The summed E-state index contributed by atoms with van der Waals surface area (Å²) in [5.41, 5.74) is 1.59. The number of nitrogens with zero attached hydrogens (tertiary/aromatic N) is 2. The molecular weight excluding hydrogens is 369 g/mol. The zero-order valence-electron chi connectivity index (χ0n) is 15.2. The van der Waals surface area contributed by atoms with Crippen LogP contribution in [-0.4, -0.2) is 31.5 Å². The predicted molar refractivity (Wildman–Crippen MR) is 101 cm³/mol. The lowest BCUT2D eigenvalue weighted by Crippen LogP contribution is -2.14. The maximum absolute atomic E-state index is 14.5. The predicted octanol–water partition coefficient (Wildman–Crippen LogP) is 2.96. The van der Waals surface area contributed by atoms with Crippen LogP contribution in [0.1, 0.15) is 11.1 Å². The standard InChI is InChI=1S/C19H20FN3O3S/c1-13-8-15(11-22-9-13)27(24,25)23-12-14(10-21-2)19(26-3)18(23)16-6-4-5-7-17(16)20/h4-9,11-12,21H,10H2,1-3H3. The van der Waals surface area contributed by atoms with Crippen LogP contribution >= 0.6 is 0 Å². The fourth-order valence-corrected chi connectivity index (χ4v) is 4.37. The summed E-state index contributed by atoms with van der Waals surface area (Å²) in [7, 11) is -0.838. The van der Waals surface area contributed by atoms with E-state index in [-0.39, 0.29) is 16.2 Å². The second kappa shape index (κ2) is 7.50. The Hall–Kier alpha value is -2.71. The van der Waals surface area contributed by atoms with Gasteiger partial charge in [0.1, 0.15) is 22.2 Å². The molecule has 0 aliphatic carbocycles. The highest BCUT2D eigenvalue weighted by Gasteiger charge is 2.28. The van der Waals surface area contributed by atoms with Crippen LogP contribution in [0.2, 0.25) is 0 Å². The SMILES string of the molecule is CNCc1cn(S(=O)(=O)c2cncc(C)c2)c(-c2ccccc2F)c1OC. The average Bonchev–Trinajstić information content (AvgIpc) is 3.01. The van der Waals surface area contributed by atoms with Gasteiger partial charge in [-0.2, -0.15) is 0 Å². The number of hydrogen-bond donors (Lipinski definition) is 1. The van der Waals surface area contributed by atoms with Gasteiger partial charge in [-0.25, -0.2) is 16.8 Å². The highest BCUT2D eigenvalue weighted by atomic mass is 32.2. The molecule has 0 amide bonds. The van der Waals surface area contributed by atoms with E-state index in [0.717, 1.165) is 3.97 Å². The van der Waals surface area contributed by atoms with Crippen molar-refractivity contribution in [3.8, 4) is 17.0 Å². The second-order valence-electron chi connectivity index (χ2n) is 6.05. The van der Waals surface area contributed by atoms with Crippen molar-refractivity contribution in [1.29, 1.82) is 0 Å². The van der Waals surface area contributed by atoms with E-state index in [0.29, 0.717) is 23.4 Å². The van der Waals surface area contributed by atoms with Crippen LogP contribution in [-0.2, 0) is 16.6 Å². The molecule has 0 unspecified atom stereocenters. The molecule has 0 aliphatic heterocycles. The van der Waals surface area contributed by atoms with E-state index < -0.39 is 15.8 Å².